The van der Waals surface area contributed by atoms with Crippen LogP contribution < -0.4 is 5.32 Å². The molecule has 4 nitrogen and oxygen atoms in total. The summed E-state index contributed by atoms with van der Waals surface area (Å²) in [6.07, 6.45) is 17.7. The summed E-state index contributed by atoms with van der Waals surface area (Å²) in [7, 11) is 0. The highest BCUT2D eigenvalue weighted by molar-refractivity contribution is 5.77. The van der Waals surface area contributed by atoms with Crippen molar-refractivity contribution in [1.82, 2.24) is 5.32 Å². The van der Waals surface area contributed by atoms with E-state index in [1.165, 1.54) is 70.6 Å². The number of carbonyl (C=O) groups excluding carboxylic acids is 1. The maximum absolute atomic E-state index is 12.2. The van der Waals surface area contributed by atoms with Gasteiger partial charge < -0.3 is 10.4 Å². The number of carboxylic acids is 1. The van der Waals surface area contributed by atoms with Gasteiger partial charge in [-0.3, -0.25) is 9.59 Å². The SMILES string of the molecule is CCCCCCCCCCCCCCCC(=O)NC(CC(=O)O)Cc1ccccc1. The van der Waals surface area contributed by atoms with Gasteiger partial charge in [0.1, 0.15) is 0 Å². The molecule has 0 spiro atoms. The van der Waals surface area contributed by atoms with Gasteiger partial charge in [-0.1, -0.05) is 114 Å². The van der Waals surface area contributed by atoms with Gasteiger partial charge in [0.25, 0.3) is 0 Å². The minimum atomic E-state index is -0.878. The number of hydrogen-bond donors (Lipinski definition) is 2. The van der Waals surface area contributed by atoms with E-state index < -0.39 is 5.97 Å². The molecule has 1 aromatic rings. The van der Waals surface area contributed by atoms with Crippen molar-refractivity contribution in [3.63, 3.8) is 0 Å². The Bertz CT molecular complexity index is 559. The third-order valence-corrected chi connectivity index (χ3v) is 5.62. The topological polar surface area (TPSA) is 66.4 Å². The van der Waals surface area contributed by atoms with Crippen LogP contribution in [0.3, 0.4) is 0 Å². The van der Waals surface area contributed by atoms with Crippen LogP contribution in [0.4, 0.5) is 0 Å². The highest BCUT2D eigenvalue weighted by Gasteiger charge is 2.16. The summed E-state index contributed by atoms with van der Waals surface area (Å²) in [5.74, 6) is -0.905. The minimum absolute atomic E-state index is 0.0275. The van der Waals surface area contributed by atoms with E-state index in [9.17, 15) is 9.59 Å². The Hall–Kier alpha value is -1.84. The zero-order valence-electron chi connectivity index (χ0n) is 19.0. The van der Waals surface area contributed by atoms with Gasteiger partial charge in [0.2, 0.25) is 5.91 Å². The molecule has 0 heterocycles. The second kappa shape index (κ2) is 18.0. The fourth-order valence-electron chi connectivity index (χ4n) is 3.89. The Labute approximate surface area is 183 Å². The molecule has 0 fully saturated rings. The van der Waals surface area contributed by atoms with Crippen LogP contribution in [0.5, 0.6) is 0 Å². The molecule has 1 atom stereocenters. The molecule has 1 unspecified atom stereocenters. The van der Waals surface area contributed by atoms with Gasteiger partial charge in [0.15, 0.2) is 0 Å². The van der Waals surface area contributed by atoms with Crippen LogP contribution in [-0.2, 0) is 16.0 Å². The van der Waals surface area contributed by atoms with E-state index in [0.29, 0.717) is 12.8 Å². The van der Waals surface area contributed by atoms with Crippen molar-refractivity contribution in [3.8, 4) is 0 Å². The molecule has 0 aliphatic carbocycles. The van der Waals surface area contributed by atoms with Gasteiger partial charge in [-0.15, -0.1) is 0 Å². The molecule has 4 heteroatoms. The van der Waals surface area contributed by atoms with Gasteiger partial charge in [0, 0.05) is 12.5 Å². The van der Waals surface area contributed by atoms with E-state index in [-0.39, 0.29) is 18.4 Å². The van der Waals surface area contributed by atoms with Crippen LogP contribution in [0.25, 0.3) is 0 Å². The summed E-state index contributed by atoms with van der Waals surface area (Å²) in [6.45, 7) is 2.26. The molecule has 0 bridgehead atoms. The molecule has 0 aliphatic rings. The molecule has 0 saturated carbocycles. The Morgan fingerprint density at radius 3 is 1.80 bits per heavy atom. The van der Waals surface area contributed by atoms with Crippen molar-refractivity contribution < 1.29 is 14.7 Å². The lowest BCUT2D eigenvalue weighted by molar-refractivity contribution is -0.137. The Kier molecular flexibility index (Phi) is 15.7. The Morgan fingerprint density at radius 1 is 0.800 bits per heavy atom. The smallest absolute Gasteiger partial charge is 0.305 e. The first-order chi connectivity index (χ1) is 14.6. The fraction of sp³-hybridized carbons (Fsp3) is 0.692. The van der Waals surface area contributed by atoms with E-state index in [4.69, 9.17) is 5.11 Å². The first-order valence-corrected chi connectivity index (χ1v) is 12.2. The lowest BCUT2D eigenvalue weighted by atomic mass is 10.0. The van der Waals surface area contributed by atoms with Crippen LogP contribution in [0.15, 0.2) is 30.3 Å². The monoisotopic (exact) mass is 417 g/mol. The molecular formula is C26H43NO3. The largest absolute Gasteiger partial charge is 0.481 e. The van der Waals surface area contributed by atoms with Gasteiger partial charge in [-0.2, -0.15) is 0 Å². The minimum Gasteiger partial charge on any atom is -0.481 e. The summed E-state index contributed by atoms with van der Waals surface area (Å²) < 4.78 is 0. The number of hydrogen-bond acceptors (Lipinski definition) is 2. The van der Waals surface area contributed by atoms with E-state index in [2.05, 4.69) is 12.2 Å². The average Bonchev–Trinajstić information content (AvgIpc) is 2.71. The predicted molar refractivity (Wildman–Crippen MR) is 125 cm³/mol. The molecule has 2 N–H and O–H groups in total. The van der Waals surface area contributed by atoms with E-state index in [0.717, 1.165) is 18.4 Å². The number of amides is 1. The predicted octanol–water partition coefficient (Wildman–Crippen LogP) is 6.67. The molecule has 30 heavy (non-hydrogen) atoms. The molecule has 1 rings (SSSR count). The third kappa shape index (κ3) is 15.1. The van der Waals surface area contributed by atoms with Crippen LogP contribution >= 0.6 is 0 Å². The Balaban J connectivity index is 2.05. The zero-order chi connectivity index (χ0) is 21.9. The molecule has 1 amide bonds. The molecule has 0 aromatic heterocycles. The summed E-state index contributed by atoms with van der Waals surface area (Å²) in [6, 6.07) is 9.38. The van der Waals surface area contributed by atoms with Crippen LogP contribution in [0, 0.1) is 0 Å². The van der Waals surface area contributed by atoms with Gasteiger partial charge >= 0.3 is 5.97 Å². The number of benzene rings is 1. The first-order valence-electron chi connectivity index (χ1n) is 12.2. The maximum Gasteiger partial charge on any atom is 0.305 e. The first kappa shape index (κ1) is 26.2. The summed E-state index contributed by atoms with van der Waals surface area (Å²) in [5, 5.41) is 12.0. The number of carbonyl (C=O) groups is 2. The lowest BCUT2D eigenvalue weighted by Gasteiger charge is -2.17. The normalized spacial score (nSPS) is 11.9. The third-order valence-electron chi connectivity index (χ3n) is 5.62. The van der Waals surface area contributed by atoms with Crippen molar-refractivity contribution >= 4 is 11.9 Å². The number of unbranched alkanes of at least 4 members (excludes halogenated alkanes) is 12. The number of carboxylic acid groups (broad SMARTS) is 1. The van der Waals surface area contributed by atoms with Gasteiger partial charge in [-0.05, 0) is 18.4 Å². The second-order valence-corrected chi connectivity index (χ2v) is 8.54. The average molecular weight is 418 g/mol. The molecule has 0 aliphatic heterocycles. The maximum atomic E-state index is 12.2. The summed E-state index contributed by atoms with van der Waals surface area (Å²) in [5.41, 5.74) is 1.05. The molecule has 1 aromatic carbocycles. The van der Waals surface area contributed by atoms with Crippen LogP contribution in [0.2, 0.25) is 0 Å². The second-order valence-electron chi connectivity index (χ2n) is 8.54. The highest BCUT2D eigenvalue weighted by atomic mass is 16.4. The van der Waals surface area contributed by atoms with Gasteiger partial charge in [-0.25, -0.2) is 0 Å². The molecule has 170 valence electrons. The lowest BCUT2D eigenvalue weighted by Crippen LogP contribution is -2.38. The van der Waals surface area contributed by atoms with Crippen molar-refractivity contribution in [3.05, 3.63) is 35.9 Å². The standard InChI is InChI=1S/C26H43NO3/c1-2-3-4-5-6-7-8-9-10-11-12-13-17-20-25(28)27-24(22-26(29)30)21-23-18-15-14-16-19-23/h14-16,18-19,24H,2-13,17,20-22H2,1H3,(H,27,28)(H,29,30). The van der Waals surface area contributed by atoms with Crippen molar-refractivity contribution in [2.24, 2.45) is 0 Å². The van der Waals surface area contributed by atoms with E-state index in [1.54, 1.807) is 0 Å². The molecule has 0 radical (unpaired) electrons. The van der Waals surface area contributed by atoms with Crippen molar-refractivity contribution in [1.29, 1.82) is 0 Å². The Morgan fingerprint density at radius 2 is 1.30 bits per heavy atom. The van der Waals surface area contributed by atoms with Crippen LogP contribution in [-0.4, -0.2) is 23.0 Å². The van der Waals surface area contributed by atoms with E-state index in [1.807, 2.05) is 30.3 Å². The van der Waals surface area contributed by atoms with Gasteiger partial charge in [0.05, 0.1) is 6.42 Å². The molecular weight excluding hydrogens is 374 g/mol. The fourth-order valence-corrected chi connectivity index (χ4v) is 3.89. The quantitative estimate of drug-likeness (QED) is 0.247. The number of nitrogens with one attached hydrogen (secondary N) is 1. The zero-order valence-corrected chi connectivity index (χ0v) is 19.0. The van der Waals surface area contributed by atoms with E-state index >= 15 is 0 Å². The summed E-state index contributed by atoms with van der Waals surface area (Å²) in [4.78, 5) is 23.3. The number of aliphatic carboxylic acids is 1. The summed E-state index contributed by atoms with van der Waals surface area (Å²) >= 11 is 0. The highest BCUT2D eigenvalue weighted by Crippen LogP contribution is 2.13. The van der Waals surface area contributed by atoms with Crippen molar-refractivity contribution in [2.45, 2.75) is 116 Å². The number of rotatable bonds is 19. The molecule has 0 saturated heterocycles. The van der Waals surface area contributed by atoms with Crippen molar-refractivity contribution in [2.75, 3.05) is 0 Å². The van der Waals surface area contributed by atoms with Crippen LogP contribution in [0.1, 0.15) is 109 Å².